The predicted molar refractivity (Wildman–Crippen MR) is 110 cm³/mol. The zero-order valence-corrected chi connectivity index (χ0v) is 16.1. The average molecular weight is 429 g/mol. The minimum Gasteiger partial charge on any atom is -0.493 e. The summed E-state index contributed by atoms with van der Waals surface area (Å²) in [7, 11) is -1.51. The van der Waals surface area contributed by atoms with Gasteiger partial charge in [0.25, 0.3) is 0 Å². The molecule has 0 bridgehead atoms. The second kappa shape index (κ2) is 8.38. The van der Waals surface area contributed by atoms with Crippen molar-refractivity contribution in [3.63, 3.8) is 0 Å². The Labute approximate surface area is 165 Å². The normalized spacial score (nSPS) is 10.5. The number of nitrogens with one attached hydrogen (secondary N) is 1. The standard InChI is InChI=1S/C18H18BBrN4O3/c1-2-27-16-8-5-12(20)9-14(16)15-10-17(24-18(21)23-15)22-13-6-3-11(4-7-13)19(25)26/h3-10,25-26H,2H2,1H3,(H3,21,22,23,24). The number of hydrogen-bond acceptors (Lipinski definition) is 7. The lowest BCUT2D eigenvalue weighted by atomic mass is 9.80. The fourth-order valence-electron chi connectivity index (χ4n) is 2.54. The van der Waals surface area contributed by atoms with Crippen molar-refractivity contribution in [1.82, 2.24) is 9.97 Å². The summed E-state index contributed by atoms with van der Waals surface area (Å²) >= 11 is 3.47. The highest BCUT2D eigenvalue weighted by molar-refractivity contribution is 9.10. The molecule has 3 aromatic rings. The van der Waals surface area contributed by atoms with Crippen LogP contribution in [0.3, 0.4) is 0 Å². The molecule has 0 aliphatic carbocycles. The second-order valence-corrected chi connectivity index (χ2v) is 6.61. The molecule has 0 radical (unpaired) electrons. The molecule has 0 unspecified atom stereocenters. The van der Waals surface area contributed by atoms with E-state index in [2.05, 4.69) is 31.2 Å². The lowest BCUT2D eigenvalue weighted by molar-refractivity contribution is 0.341. The minimum atomic E-state index is -1.51. The van der Waals surface area contributed by atoms with Gasteiger partial charge in [-0.1, -0.05) is 28.1 Å². The van der Waals surface area contributed by atoms with Crippen molar-refractivity contribution in [1.29, 1.82) is 0 Å². The Hall–Kier alpha value is -2.62. The molecule has 0 fully saturated rings. The van der Waals surface area contributed by atoms with E-state index < -0.39 is 7.12 Å². The molecule has 0 spiro atoms. The van der Waals surface area contributed by atoms with Crippen molar-refractivity contribution in [3.05, 3.63) is 53.0 Å². The van der Waals surface area contributed by atoms with E-state index in [0.717, 1.165) is 15.7 Å². The summed E-state index contributed by atoms with van der Waals surface area (Å²) in [5.41, 5.74) is 8.44. The van der Waals surface area contributed by atoms with E-state index in [9.17, 15) is 10.0 Å². The number of nitrogen functional groups attached to an aromatic ring is 1. The van der Waals surface area contributed by atoms with E-state index in [1.54, 1.807) is 30.3 Å². The molecule has 0 aliphatic heterocycles. The molecule has 7 nitrogen and oxygen atoms in total. The van der Waals surface area contributed by atoms with E-state index in [0.29, 0.717) is 29.3 Å². The van der Waals surface area contributed by atoms with Crippen LogP contribution in [0, 0.1) is 0 Å². The lowest BCUT2D eigenvalue weighted by Crippen LogP contribution is -2.29. The maximum absolute atomic E-state index is 9.18. The molecule has 0 amide bonds. The molecule has 27 heavy (non-hydrogen) atoms. The van der Waals surface area contributed by atoms with Crippen LogP contribution in [0.1, 0.15) is 6.92 Å². The Morgan fingerprint density at radius 2 is 1.85 bits per heavy atom. The van der Waals surface area contributed by atoms with Gasteiger partial charge in [0.15, 0.2) is 0 Å². The topological polar surface area (TPSA) is 114 Å². The van der Waals surface area contributed by atoms with Gasteiger partial charge in [0.1, 0.15) is 11.6 Å². The first-order chi connectivity index (χ1) is 13.0. The van der Waals surface area contributed by atoms with Crippen LogP contribution in [0.25, 0.3) is 11.3 Å². The van der Waals surface area contributed by atoms with Crippen LogP contribution < -0.4 is 21.3 Å². The van der Waals surface area contributed by atoms with Crippen LogP contribution in [-0.2, 0) is 0 Å². The van der Waals surface area contributed by atoms with Crippen LogP contribution in [-0.4, -0.2) is 33.7 Å². The molecule has 9 heteroatoms. The highest BCUT2D eigenvalue weighted by Gasteiger charge is 2.13. The van der Waals surface area contributed by atoms with Gasteiger partial charge in [-0.25, -0.2) is 4.98 Å². The van der Waals surface area contributed by atoms with Crippen LogP contribution in [0.15, 0.2) is 53.0 Å². The Morgan fingerprint density at radius 1 is 1.11 bits per heavy atom. The molecular formula is C18H18BBrN4O3. The van der Waals surface area contributed by atoms with Gasteiger partial charge in [0.2, 0.25) is 5.95 Å². The van der Waals surface area contributed by atoms with Crippen molar-refractivity contribution in [2.75, 3.05) is 17.7 Å². The monoisotopic (exact) mass is 428 g/mol. The van der Waals surface area contributed by atoms with Crippen LogP contribution in [0.5, 0.6) is 5.75 Å². The second-order valence-electron chi connectivity index (χ2n) is 5.69. The first-order valence-electron chi connectivity index (χ1n) is 8.26. The number of rotatable bonds is 6. The summed E-state index contributed by atoms with van der Waals surface area (Å²) in [5, 5.41) is 21.5. The van der Waals surface area contributed by atoms with Crippen molar-refractivity contribution in [2.24, 2.45) is 0 Å². The Bertz CT molecular complexity index is 938. The summed E-state index contributed by atoms with van der Waals surface area (Å²) in [6, 6.07) is 14.1. The Morgan fingerprint density at radius 3 is 2.52 bits per heavy atom. The molecule has 5 N–H and O–H groups in total. The van der Waals surface area contributed by atoms with Crippen molar-refractivity contribution in [3.8, 4) is 17.0 Å². The summed E-state index contributed by atoms with van der Waals surface area (Å²) < 4.78 is 6.58. The molecule has 1 aromatic heterocycles. The summed E-state index contributed by atoms with van der Waals surface area (Å²) in [6.07, 6.45) is 0. The number of nitrogens with two attached hydrogens (primary N) is 1. The van der Waals surface area contributed by atoms with E-state index in [1.165, 1.54) is 0 Å². The maximum atomic E-state index is 9.18. The molecule has 3 rings (SSSR count). The van der Waals surface area contributed by atoms with Crippen LogP contribution in [0.4, 0.5) is 17.5 Å². The average Bonchev–Trinajstić information content (AvgIpc) is 2.63. The number of hydrogen-bond donors (Lipinski definition) is 4. The fraction of sp³-hybridized carbons (Fsp3) is 0.111. The zero-order chi connectivity index (χ0) is 19.4. The third-order valence-electron chi connectivity index (χ3n) is 3.74. The van der Waals surface area contributed by atoms with Crippen LogP contribution in [0.2, 0.25) is 0 Å². The summed E-state index contributed by atoms with van der Waals surface area (Å²) in [4.78, 5) is 8.54. The highest BCUT2D eigenvalue weighted by atomic mass is 79.9. The minimum absolute atomic E-state index is 0.125. The van der Waals surface area contributed by atoms with Gasteiger partial charge in [0.05, 0.1) is 12.3 Å². The largest absolute Gasteiger partial charge is 0.493 e. The smallest absolute Gasteiger partial charge is 0.488 e. The molecule has 138 valence electrons. The fourth-order valence-corrected chi connectivity index (χ4v) is 2.90. The molecule has 0 saturated heterocycles. The number of ether oxygens (including phenoxy) is 1. The van der Waals surface area contributed by atoms with Crippen molar-refractivity contribution >= 4 is 46.0 Å². The number of nitrogens with zero attached hydrogens (tertiary/aromatic N) is 2. The third-order valence-corrected chi connectivity index (χ3v) is 4.24. The van der Waals surface area contributed by atoms with E-state index in [4.69, 9.17) is 10.5 Å². The van der Waals surface area contributed by atoms with Crippen molar-refractivity contribution < 1.29 is 14.8 Å². The molecule has 0 atom stereocenters. The molecular weight excluding hydrogens is 411 g/mol. The Kier molecular flexibility index (Phi) is 5.95. The van der Waals surface area contributed by atoms with Crippen molar-refractivity contribution in [2.45, 2.75) is 6.92 Å². The van der Waals surface area contributed by atoms with Gasteiger partial charge in [0, 0.05) is 21.8 Å². The number of aromatic nitrogens is 2. The lowest BCUT2D eigenvalue weighted by Gasteiger charge is -2.13. The van der Waals surface area contributed by atoms with Gasteiger partial charge in [-0.15, -0.1) is 0 Å². The summed E-state index contributed by atoms with van der Waals surface area (Å²) in [6.45, 7) is 2.45. The number of halogens is 1. The van der Waals surface area contributed by atoms with Gasteiger partial charge >= 0.3 is 7.12 Å². The third kappa shape index (κ3) is 4.76. The quantitative estimate of drug-likeness (QED) is 0.445. The molecule has 2 aromatic carbocycles. The van der Waals surface area contributed by atoms with Gasteiger partial charge in [-0.3, -0.25) is 0 Å². The predicted octanol–water partition coefficient (Wildman–Crippen LogP) is 2.31. The number of anilines is 3. The van der Waals surface area contributed by atoms with E-state index in [-0.39, 0.29) is 5.95 Å². The SMILES string of the molecule is CCOc1ccc(Br)cc1-c1cc(Nc2ccc(B(O)O)cc2)nc(N)n1. The molecule has 0 saturated carbocycles. The molecule has 1 heterocycles. The molecule has 0 aliphatic rings. The first kappa shape index (κ1) is 19.2. The van der Waals surface area contributed by atoms with Gasteiger partial charge < -0.3 is 25.8 Å². The van der Waals surface area contributed by atoms with Crippen LogP contribution >= 0.6 is 15.9 Å². The highest BCUT2D eigenvalue weighted by Crippen LogP contribution is 2.33. The first-order valence-corrected chi connectivity index (χ1v) is 9.06. The van der Waals surface area contributed by atoms with Gasteiger partial charge in [-0.05, 0) is 42.7 Å². The van der Waals surface area contributed by atoms with Gasteiger partial charge in [-0.2, -0.15) is 4.98 Å². The maximum Gasteiger partial charge on any atom is 0.488 e. The number of benzene rings is 2. The zero-order valence-electron chi connectivity index (χ0n) is 14.6. The summed E-state index contributed by atoms with van der Waals surface area (Å²) in [5.74, 6) is 1.34. The van der Waals surface area contributed by atoms with E-state index in [1.807, 2.05) is 25.1 Å². The van der Waals surface area contributed by atoms with E-state index >= 15 is 0 Å². The Balaban J connectivity index is 1.94.